The standard InChI is InChI=1S/C9H5BrO2S/c10-9-7(2-4-13-9)8(11)6-1-3-12-5-6/h1-5H. The Morgan fingerprint density at radius 1 is 1.46 bits per heavy atom. The fourth-order valence-electron chi connectivity index (χ4n) is 1.00. The predicted octanol–water partition coefficient (Wildman–Crippen LogP) is 3.33. The molecule has 0 atom stereocenters. The summed E-state index contributed by atoms with van der Waals surface area (Å²) in [5.41, 5.74) is 1.27. The Labute approximate surface area is 87.3 Å². The van der Waals surface area contributed by atoms with Gasteiger partial charge in [-0.1, -0.05) is 0 Å². The molecule has 0 amide bonds. The van der Waals surface area contributed by atoms with E-state index in [0.717, 1.165) is 3.79 Å². The molecule has 2 rings (SSSR count). The molecule has 0 fully saturated rings. The van der Waals surface area contributed by atoms with Gasteiger partial charge in [-0.05, 0) is 33.4 Å². The molecular formula is C9H5BrO2S. The van der Waals surface area contributed by atoms with E-state index in [9.17, 15) is 4.79 Å². The average Bonchev–Trinajstić information content (AvgIpc) is 2.72. The summed E-state index contributed by atoms with van der Waals surface area (Å²) in [7, 11) is 0. The van der Waals surface area contributed by atoms with E-state index in [-0.39, 0.29) is 5.78 Å². The molecule has 2 aromatic rings. The summed E-state index contributed by atoms with van der Waals surface area (Å²) in [4.78, 5) is 11.7. The highest BCUT2D eigenvalue weighted by atomic mass is 79.9. The van der Waals surface area contributed by atoms with Crippen LogP contribution >= 0.6 is 27.3 Å². The number of furan rings is 1. The number of halogens is 1. The van der Waals surface area contributed by atoms with Crippen molar-refractivity contribution in [1.82, 2.24) is 0 Å². The second kappa shape index (κ2) is 3.47. The van der Waals surface area contributed by atoms with Gasteiger partial charge in [0.15, 0.2) is 5.78 Å². The van der Waals surface area contributed by atoms with E-state index in [2.05, 4.69) is 15.9 Å². The summed E-state index contributed by atoms with van der Waals surface area (Å²) in [5.74, 6) is -0.0122. The van der Waals surface area contributed by atoms with Crippen LogP contribution < -0.4 is 0 Å². The van der Waals surface area contributed by atoms with Gasteiger partial charge in [-0.2, -0.15) is 0 Å². The van der Waals surface area contributed by atoms with Gasteiger partial charge in [0.05, 0.1) is 15.6 Å². The zero-order valence-electron chi connectivity index (χ0n) is 6.49. The van der Waals surface area contributed by atoms with Crippen LogP contribution in [0.25, 0.3) is 0 Å². The minimum absolute atomic E-state index is 0.0122. The number of thiophene rings is 1. The lowest BCUT2D eigenvalue weighted by molar-refractivity contribution is 0.103. The Bertz CT molecular complexity index is 417. The molecule has 0 aliphatic rings. The monoisotopic (exact) mass is 256 g/mol. The first kappa shape index (κ1) is 8.72. The third-order valence-electron chi connectivity index (χ3n) is 1.65. The number of carbonyl (C=O) groups is 1. The molecule has 0 radical (unpaired) electrons. The summed E-state index contributed by atoms with van der Waals surface area (Å²) in [6.07, 6.45) is 2.94. The highest BCUT2D eigenvalue weighted by Crippen LogP contribution is 2.25. The van der Waals surface area contributed by atoms with Gasteiger partial charge in [-0.3, -0.25) is 4.79 Å². The Kier molecular flexibility index (Phi) is 2.33. The molecule has 0 aromatic carbocycles. The topological polar surface area (TPSA) is 30.2 Å². The van der Waals surface area contributed by atoms with Crippen molar-refractivity contribution in [2.75, 3.05) is 0 Å². The Balaban J connectivity index is 2.39. The molecule has 13 heavy (non-hydrogen) atoms. The highest BCUT2D eigenvalue weighted by molar-refractivity contribution is 9.11. The molecule has 0 N–H and O–H groups in total. The lowest BCUT2D eigenvalue weighted by Crippen LogP contribution is -1.97. The van der Waals surface area contributed by atoms with E-state index < -0.39 is 0 Å². The maximum absolute atomic E-state index is 11.7. The number of ketones is 1. The number of rotatable bonds is 2. The Morgan fingerprint density at radius 3 is 2.85 bits per heavy atom. The molecule has 2 nitrogen and oxygen atoms in total. The number of carbonyl (C=O) groups excluding carboxylic acids is 1. The van der Waals surface area contributed by atoms with Crippen molar-refractivity contribution in [1.29, 1.82) is 0 Å². The highest BCUT2D eigenvalue weighted by Gasteiger charge is 2.13. The van der Waals surface area contributed by atoms with E-state index in [0.29, 0.717) is 11.1 Å². The maximum Gasteiger partial charge on any atom is 0.198 e. The van der Waals surface area contributed by atoms with Crippen molar-refractivity contribution in [3.05, 3.63) is 45.0 Å². The van der Waals surface area contributed by atoms with Gasteiger partial charge in [-0.15, -0.1) is 11.3 Å². The summed E-state index contributed by atoms with van der Waals surface area (Å²) >= 11 is 4.81. The van der Waals surface area contributed by atoms with Crippen LogP contribution in [0.3, 0.4) is 0 Å². The normalized spacial score (nSPS) is 10.2. The first-order chi connectivity index (χ1) is 6.29. The smallest absolute Gasteiger partial charge is 0.198 e. The van der Waals surface area contributed by atoms with Crippen LogP contribution in [0.2, 0.25) is 0 Å². The molecule has 0 spiro atoms. The molecule has 66 valence electrons. The molecule has 2 heterocycles. The lowest BCUT2D eigenvalue weighted by atomic mass is 10.1. The summed E-state index contributed by atoms with van der Waals surface area (Å²) in [5, 5.41) is 1.87. The summed E-state index contributed by atoms with van der Waals surface area (Å²) in [6.45, 7) is 0. The van der Waals surface area contributed by atoms with Crippen molar-refractivity contribution in [2.45, 2.75) is 0 Å². The molecule has 2 aromatic heterocycles. The maximum atomic E-state index is 11.7. The van der Waals surface area contributed by atoms with Crippen LogP contribution in [0, 0.1) is 0 Å². The minimum Gasteiger partial charge on any atom is -0.472 e. The van der Waals surface area contributed by atoms with E-state index >= 15 is 0 Å². The Hall–Kier alpha value is -0.870. The third-order valence-corrected chi connectivity index (χ3v) is 3.33. The second-order valence-electron chi connectivity index (χ2n) is 2.45. The van der Waals surface area contributed by atoms with Crippen molar-refractivity contribution in [2.24, 2.45) is 0 Å². The van der Waals surface area contributed by atoms with Gasteiger partial charge in [0, 0.05) is 5.56 Å². The fraction of sp³-hybridized carbons (Fsp3) is 0. The van der Waals surface area contributed by atoms with Crippen LogP contribution in [0.1, 0.15) is 15.9 Å². The summed E-state index contributed by atoms with van der Waals surface area (Å²) < 4.78 is 5.70. The molecular weight excluding hydrogens is 252 g/mol. The summed E-state index contributed by atoms with van der Waals surface area (Å²) in [6, 6.07) is 3.45. The van der Waals surface area contributed by atoms with Crippen molar-refractivity contribution < 1.29 is 9.21 Å². The van der Waals surface area contributed by atoms with E-state index in [1.165, 1.54) is 23.9 Å². The average molecular weight is 257 g/mol. The zero-order valence-corrected chi connectivity index (χ0v) is 8.89. The van der Waals surface area contributed by atoms with Gasteiger partial charge in [-0.25, -0.2) is 0 Å². The van der Waals surface area contributed by atoms with Crippen molar-refractivity contribution >= 4 is 33.0 Å². The molecule has 0 saturated carbocycles. The van der Waals surface area contributed by atoms with Gasteiger partial charge in [0.1, 0.15) is 6.26 Å². The fourth-order valence-corrected chi connectivity index (χ4v) is 2.25. The van der Waals surface area contributed by atoms with E-state index in [1.54, 1.807) is 12.1 Å². The second-order valence-corrected chi connectivity index (χ2v) is 4.68. The SMILES string of the molecule is O=C(c1ccoc1)c1ccsc1Br. The van der Waals surface area contributed by atoms with Crippen LogP contribution in [-0.4, -0.2) is 5.78 Å². The Morgan fingerprint density at radius 2 is 2.31 bits per heavy atom. The zero-order chi connectivity index (χ0) is 9.26. The van der Waals surface area contributed by atoms with Gasteiger partial charge >= 0.3 is 0 Å². The third kappa shape index (κ3) is 1.59. The van der Waals surface area contributed by atoms with Crippen molar-refractivity contribution in [3.8, 4) is 0 Å². The molecule has 4 heteroatoms. The number of hydrogen-bond donors (Lipinski definition) is 0. The van der Waals surface area contributed by atoms with Crippen molar-refractivity contribution in [3.63, 3.8) is 0 Å². The van der Waals surface area contributed by atoms with Gasteiger partial charge in [0.25, 0.3) is 0 Å². The first-order valence-electron chi connectivity index (χ1n) is 3.59. The number of hydrogen-bond acceptors (Lipinski definition) is 3. The van der Waals surface area contributed by atoms with Crippen LogP contribution in [0.4, 0.5) is 0 Å². The van der Waals surface area contributed by atoms with Gasteiger partial charge < -0.3 is 4.42 Å². The van der Waals surface area contributed by atoms with Crippen LogP contribution in [0.15, 0.2) is 38.2 Å². The lowest BCUT2D eigenvalue weighted by Gasteiger charge is -1.93. The minimum atomic E-state index is -0.0122. The van der Waals surface area contributed by atoms with Crippen LogP contribution in [-0.2, 0) is 0 Å². The molecule has 0 aliphatic heterocycles. The first-order valence-corrected chi connectivity index (χ1v) is 5.26. The molecule has 0 aliphatic carbocycles. The van der Waals surface area contributed by atoms with Gasteiger partial charge in [0.2, 0.25) is 0 Å². The largest absolute Gasteiger partial charge is 0.472 e. The van der Waals surface area contributed by atoms with E-state index in [4.69, 9.17) is 4.42 Å². The molecule has 0 unspecified atom stereocenters. The van der Waals surface area contributed by atoms with Crippen LogP contribution in [0.5, 0.6) is 0 Å². The molecule has 0 bridgehead atoms. The molecule has 0 saturated heterocycles. The quantitative estimate of drug-likeness (QED) is 0.772. The van der Waals surface area contributed by atoms with E-state index in [1.807, 2.05) is 5.38 Å². The predicted molar refractivity (Wildman–Crippen MR) is 54.2 cm³/mol.